The Balaban J connectivity index is 4.57. The summed E-state index contributed by atoms with van der Waals surface area (Å²) in [5.74, 6) is -0.484. The smallest absolute Gasteiger partial charge is 0.306 e. The van der Waals surface area contributed by atoms with Gasteiger partial charge in [0.25, 0.3) is 0 Å². The van der Waals surface area contributed by atoms with Crippen molar-refractivity contribution in [2.24, 2.45) is 0 Å². The van der Waals surface area contributed by atoms with E-state index < -0.39 is 18.2 Å². The van der Waals surface area contributed by atoms with Gasteiger partial charge < -0.3 is 20.3 Å². The lowest BCUT2D eigenvalue weighted by molar-refractivity contribution is -0.151. The summed E-state index contributed by atoms with van der Waals surface area (Å²) in [7, 11) is 0. The molecule has 66 heavy (non-hydrogen) atoms. The fraction of sp³-hybridized carbons (Fsp3) is 0.867. The maximum Gasteiger partial charge on any atom is 0.306 e. The van der Waals surface area contributed by atoms with Gasteiger partial charge in [-0.1, -0.05) is 250 Å². The van der Waals surface area contributed by atoms with Gasteiger partial charge in [-0.25, -0.2) is 0 Å². The second-order valence-corrected chi connectivity index (χ2v) is 20.0. The minimum Gasteiger partial charge on any atom is -0.462 e. The van der Waals surface area contributed by atoms with Gasteiger partial charge in [0.1, 0.15) is 6.10 Å². The maximum absolute atomic E-state index is 13.3. The molecular weight excluding hydrogens is 815 g/mol. The van der Waals surface area contributed by atoms with E-state index in [9.17, 15) is 19.8 Å². The first kappa shape index (κ1) is 64.1. The van der Waals surface area contributed by atoms with Gasteiger partial charge in [0, 0.05) is 6.42 Å². The molecule has 0 fully saturated rings. The number of aliphatic hydroxyl groups is 2. The average molecular weight is 929 g/mol. The molecule has 3 N–H and O–H groups in total. The molecule has 0 bridgehead atoms. The lowest BCUT2D eigenvalue weighted by Gasteiger charge is -2.24. The first-order valence-electron chi connectivity index (χ1n) is 29.2. The highest BCUT2D eigenvalue weighted by Crippen LogP contribution is 2.18. The minimum absolute atomic E-state index is 0.0669. The molecule has 0 aliphatic rings. The SMILES string of the molecule is CCCCC/C=C\C/C=C\CCCCCCCCCC(=O)OC(CCCCC/C=C/CCCCCCCCCCC)CC(=O)NC(CO)C(O)CCCCCCCCCCCCCCCC. The number of aliphatic hydroxyl groups excluding tert-OH is 2. The van der Waals surface area contributed by atoms with Crippen molar-refractivity contribution in [2.45, 2.75) is 328 Å². The van der Waals surface area contributed by atoms with Crippen LogP contribution in [0.4, 0.5) is 0 Å². The Kier molecular flexibility index (Phi) is 52.5. The molecule has 388 valence electrons. The van der Waals surface area contributed by atoms with Crippen LogP contribution in [0.2, 0.25) is 0 Å². The molecule has 0 aromatic rings. The number of nitrogens with one attached hydrogen (secondary N) is 1. The van der Waals surface area contributed by atoms with Gasteiger partial charge >= 0.3 is 5.97 Å². The van der Waals surface area contributed by atoms with E-state index in [1.165, 1.54) is 193 Å². The zero-order valence-corrected chi connectivity index (χ0v) is 44.3. The normalized spacial score (nSPS) is 13.3. The monoisotopic (exact) mass is 928 g/mol. The topological polar surface area (TPSA) is 95.9 Å². The first-order valence-corrected chi connectivity index (χ1v) is 29.2. The second-order valence-electron chi connectivity index (χ2n) is 20.0. The molecule has 0 saturated carbocycles. The molecule has 6 nitrogen and oxygen atoms in total. The largest absolute Gasteiger partial charge is 0.462 e. The molecule has 0 aliphatic heterocycles. The van der Waals surface area contributed by atoms with Crippen LogP contribution in [-0.2, 0) is 14.3 Å². The van der Waals surface area contributed by atoms with E-state index in [0.29, 0.717) is 19.3 Å². The molecule has 0 spiro atoms. The Morgan fingerprint density at radius 3 is 1.21 bits per heavy atom. The number of amides is 1. The molecule has 3 atom stereocenters. The summed E-state index contributed by atoms with van der Waals surface area (Å²) in [5.41, 5.74) is 0. The third-order valence-electron chi connectivity index (χ3n) is 13.4. The Morgan fingerprint density at radius 2 is 0.773 bits per heavy atom. The first-order chi connectivity index (χ1) is 32.5. The van der Waals surface area contributed by atoms with Crippen LogP contribution in [0.15, 0.2) is 36.5 Å². The van der Waals surface area contributed by atoms with E-state index in [4.69, 9.17) is 4.74 Å². The molecule has 0 saturated heterocycles. The van der Waals surface area contributed by atoms with E-state index in [-0.39, 0.29) is 24.9 Å². The highest BCUT2D eigenvalue weighted by Gasteiger charge is 2.24. The van der Waals surface area contributed by atoms with E-state index in [1.54, 1.807) is 0 Å². The van der Waals surface area contributed by atoms with Crippen molar-refractivity contribution in [3.05, 3.63) is 36.5 Å². The summed E-state index contributed by atoms with van der Waals surface area (Å²) in [6.07, 6.45) is 64.9. The van der Waals surface area contributed by atoms with Crippen LogP contribution in [0.3, 0.4) is 0 Å². The number of hydrogen-bond donors (Lipinski definition) is 3. The lowest BCUT2D eigenvalue weighted by Crippen LogP contribution is -2.46. The van der Waals surface area contributed by atoms with Gasteiger partial charge in [-0.05, 0) is 83.5 Å². The van der Waals surface area contributed by atoms with E-state index in [1.807, 2.05) is 0 Å². The van der Waals surface area contributed by atoms with Crippen LogP contribution in [-0.4, -0.2) is 46.9 Å². The van der Waals surface area contributed by atoms with Gasteiger partial charge in [0.15, 0.2) is 0 Å². The quantitative estimate of drug-likeness (QED) is 0.0321. The van der Waals surface area contributed by atoms with Crippen molar-refractivity contribution in [2.75, 3.05) is 6.61 Å². The maximum atomic E-state index is 13.3. The zero-order chi connectivity index (χ0) is 48.1. The number of carbonyl (C=O) groups excluding carboxylic acids is 2. The summed E-state index contributed by atoms with van der Waals surface area (Å²) in [6, 6.07) is -0.707. The molecule has 0 aliphatic carbocycles. The van der Waals surface area contributed by atoms with E-state index >= 15 is 0 Å². The number of unbranched alkanes of at least 4 members (excludes halogenated alkanes) is 35. The minimum atomic E-state index is -0.792. The summed E-state index contributed by atoms with van der Waals surface area (Å²) < 4.78 is 5.96. The van der Waals surface area contributed by atoms with Crippen LogP contribution in [0, 0.1) is 0 Å². The fourth-order valence-corrected chi connectivity index (χ4v) is 8.99. The highest BCUT2D eigenvalue weighted by molar-refractivity contribution is 5.77. The fourth-order valence-electron chi connectivity index (χ4n) is 8.99. The third-order valence-corrected chi connectivity index (χ3v) is 13.4. The predicted molar refractivity (Wildman–Crippen MR) is 287 cm³/mol. The van der Waals surface area contributed by atoms with Crippen molar-refractivity contribution >= 4 is 11.9 Å². The number of hydrogen-bond acceptors (Lipinski definition) is 5. The standard InChI is InChI=1S/C60H113NO5/c1-4-7-10-13-16-19-22-25-28-30-32-35-38-41-44-47-50-53-60(65)66-56(51-48-45-42-39-36-33-31-29-26-23-20-17-14-11-8-5-2)54-59(64)61-57(55-62)58(63)52-49-46-43-40-37-34-27-24-21-18-15-12-9-6-3/h16,19,25,28,33,36,56-58,62-63H,4-15,17-18,20-24,26-27,29-32,34-35,37-55H2,1-3H3,(H,61,64)/b19-16-,28-25-,36-33+. The van der Waals surface area contributed by atoms with Crippen molar-refractivity contribution in [1.82, 2.24) is 5.32 Å². The number of carbonyl (C=O) groups is 2. The van der Waals surface area contributed by atoms with Gasteiger partial charge in [0.2, 0.25) is 5.91 Å². The van der Waals surface area contributed by atoms with E-state index in [0.717, 1.165) is 70.6 Å². The van der Waals surface area contributed by atoms with Crippen LogP contribution in [0.25, 0.3) is 0 Å². The molecule has 1 amide bonds. The Morgan fingerprint density at radius 1 is 0.439 bits per heavy atom. The number of rotatable bonds is 53. The van der Waals surface area contributed by atoms with Crippen molar-refractivity contribution in [1.29, 1.82) is 0 Å². The number of allylic oxidation sites excluding steroid dienone is 6. The zero-order valence-electron chi connectivity index (χ0n) is 44.3. The molecule has 6 heteroatoms. The summed E-state index contributed by atoms with van der Waals surface area (Å²) in [4.78, 5) is 26.3. The Bertz CT molecular complexity index is 1090. The molecule has 0 heterocycles. The number of esters is 1. The molecule has 0 radical (unpaired) electrons. The highest BCUT2D eigenvalue weighted by atomic mass is 16.5. The second kappa shape index (κ2) is 54.0. The van der Waals surface area contributed by atoms with Crippen LogP contribution >= 0.6 is 0 Å². The average Bonchev–Trinajstić information content (AvgIpc) is 3.31. The van der Waals surface area contributed by atoms with Crippen LogP contribution in [0.5, 0.6) is 0 Å². The summed E-state index contributed by atoms with van der Waals surface area (Å²) in [6.45, 7) is 6.49. The molecule has 0 aromatic carbocycles. The van der Waals surface area contributed by atoms with Gasteiger partial charge in [-0.15, -0.1) is 0 Å². The van der Waals surface area contributed by atoms with Crippen LogP contribution in [0.1, 0.15) is 310 Å². The van der Waals surface area contributed by atoms with Gasteiger partial charge in [-0.2, -0.15) is 0 Å². The van der Waals surface area contributed by atoms with Gasteiger partial charge in [0.05, 0.1) is 25.2 Å². The van der Waals surface area contributed by atoms with E-state index in [2.05, 4.69) is 62.5 Å². The summed E-state index contributed by atoms with van der Waals surface area (Å²) >= 11 is 0. The number of ether oxygens (including phenoxy) is 1. The third kappa shape index (κ3) is 48.5. The molecule has 0 aromatic heterocycles. The Labute approximate surface area is 411 Å². The lowest BCUT2D eigenvalue weighted by atomic mass is 10.0. The van der Waals surface area contributed by atoms with Crippen molar-refractivity contribution < 1.29 is 24.5 Å². The molecule has 3 unspecified atom stereocenters. The Hall–Kier alpha value is -1.92. The van der Waals surface area contributed by atoms with Crippen molar-refractivity contribution in [3.8, 4) is 0 Å². The van der Waals surface area contributed by atoms with Crippen molar-refractivity contribution in [3.63, 3.8) is 0 Å². The summed E-state index contributed by atoms with van der Waals surface area (Å²) in [5, 5.41) is 23.9. The molecular formula is C60H113NO5. The van der Waals surface area contributed by atoms with Crippen LogP contribution < -0.4 is 5.32 Å². The van der Waals surface area contributed by atoms with Gasteiger partial charge in [-0.3, -0.25) is 9.59 Å². The molecule has 0 rings (SSSR count). The predicted octanol–water partition coefficient (Wildman–Crippen LogP) is 18.0.